The Morgan fingerprint density at radius 2 is 1.54 bits per heavy atom. The van der Waals surface area contributed by atoms with Gasteiger partial charge in [-0.1, -0.05) is 47.6 Å². The Kier molecular flexibility index (Phi) is 25.3. The maximum Gasteiger partial charge on any atom is 0.514 e. The maximum atomic E-state index is 13.9. The van der Waals surface area contributed by atoms with Gasteiger partial charge in [0.25, 0.3) is 17.0 Å². The molecule has 9 rings (SSSR count). The quantitative estimate of drug-likeness (QED) is 0.00818. The molecule has 554 valence electrons. The van der Waals surface area contributed by atoms with E-state index in [2.05, 4.69) is 51.8 Å². The number of benzene rings is 3. The molecule has 2 aliphatic heterocycles. The minimum absolute atomic E-state index is 0.00593. The summed E-state index contributed by atoms with van der Waals surface area (Å²) in [6.45, 7) is 2.99. The van der Waals surface area contributed by atoms with Gasteiger partial charge in [-0.25, -0.2) is 34.1 Å². The number of esters is 1. The minimum atomic E-state index is -2.15. The van der Waals surface area contributed by atoms with Crippen LogP contribution in [-0.4, -0.2) is 170 Å². The molecule has 2 unspecified atom stereocenters. The first kappa shape index (κ1) is 77.7. The van der Waals surface area contributed by atoms with E-state index >= 15 is 0 Å². The molecule has 0 aliphatic carbocycles. The Hall–Kier alpha value is -11.5. The van der Waals surface area contributed by atoms with Crippen molar-refractivity contribution in [1.82, 2.24) is 56.1 Å². The molecule has 0 bridgehead atoms. The standard InChI is InChI=1S/C66H72N16O21S2/c1-3-35-37-19-33(11-14-41(37)76-51-38(35)24-82-46(51)20-40-39(58(82)91)27-101-62(98)66(40,100)4-2)103-65(99)102-26-29-5-12-34(13-6-29)105-104-28-45(60(94)95)79-56(89)50(67)49(61(96)97)36(17-18-71-63(68)69)44(25-83)78-55(88)43(21-48(85)86)75-47(84)16-15-42(59(92)93)77-54(87)30-7-9-31(10-8-30)72-22-32-23-73-53-52(74-32)57(90)81-64(70)80-53/h5-14,19-20,23,25,36,42-45,49-50,63,71-72,100H,3-4,15-18,21-22,24,26-28,67-69H2,1-2H3,(H,75,84)(H,77,87)(H,78,88)(H,79,89)(H,85,86)(H,92,93)(H,94,95)(H,96,97)(H3,70,73,80,81,90)/t36?,42-,43-,44+,45-,49?,50-,66-/m0/s1. The third-order valence-electron chi connectivity index (χ3n) is 17.2. The monoisotopic (exact) mass is 1490 g/mol. The largest absolute Gasteiger partial charge is 0.514 e. The SMILES string of the molecule is CCc1c2c(nc3ccc(OC(=O)OCc4ccc(SSC[C@H](NC(=O)[C@@H](N)C(C(=O)O)C(CCNC(N)N)[C@@H](C=O)NC(=O)[C@H](CC(=O)O)NC(=O)CC[C@H](NC(=O)c5ccc(NCc6cnc7nc(N)[nH]c(=O)c7n6)cc5)C(=O)O)C(=O)O)cc4)cc13)-c1cc3c(c(=O)n1C2)COC(=O)[C@]3(O)CC. The van der Waals surface area contributed by atoms with Gasteiger partial charge in [0.15, 0.2) is 16.8 Å². The lowest BCUT2D eigenvalue weighted by atomic mass is 9.79. The van der Waals surface area contributed by atoms with Crippen molar-refractivity contribution < 1.29 is 92.5 Å². The Morgan fingerprint density at radius 1 is 0.819 bits per heavy atom. The highest BCUT2D eigenvalue weighted by molar-refractivity contribution is 8.76. The number of aldehydes is 1. The lowest BCUT2D eigenvalue weighted by Crippen LogP contribution is -2.59. The number of nitrogens with zero attached hydrogens (tertiary/aromatic N) is 5. The number of carbonyl (C=O) groups is 11. The maximum absolute atomic E-state index is 13.9. The van der Waals surface area contributed by atoms with Crippen LogP contribution in [0, 0.1) is 11.8 Å². The number of carboxylic acid groups (broad SMARTS) is 4. The number of amides is 4. The number of hydrogen-bond acceptors (Lipinski definition) is 29. The van der Waals surface area contributed by atoms with E-state index in [0.717, 1.165) is 32.7 Å². The summed E-state index contributed by atoms with van der Waals surface area (Å²) in [5, 5.41) is 66.9. The Labute approximate surface area is 601 Å². The molecule has 4 amide bonds. The average Bonchev–Trinajstić information content (AvgIpc) is 1.46. The van der Waals surface area contributed by atoms with Crippen LogP contribution in [-0.2, 0) is 90.9 Å². The highest BCUT2D eigenvalue weighted by Gasteiger charge is 2.47. The van der Waals surface area contributed by atoms with Crippen LogP contribution in [0.4, 0.5) is 16.4 Å². The number of ether oxygens (including phenoxy) is 3. The van der Waals surface area contributed by atoms with E-state index < -0.39 is 150 Å². The fraction of sp³-hybridized carbons (Fsp3) is 0.348. The molecule has 0 saturated carbocycles. The summed E-state index contributed by atoms with van der Waals surface area (Å²) >= 11 is 0. The van der Waals surface area contributed by atoms with Gasteiger partial charge in [0, 0.05) is 50.8 Å². The zero-order valence-corrected chi connectivity index (χ0v) is 57.4. The van der Waals surface area contributed by atoms with Crippen molar-refractivity contribution in [2.75, 3.05) is 23.3 Å². The molecule has 0 fully saturated rings. The van der Waals surface area contributed by atoms with Crippen molar-refractivity contribution in [3.05, 3.63) is 139 Å². The van der Waals surface area contributed by atoms with E-state index in [9.17, 15) is 87.9 Å². The van der Waals surface area contributed by atoms with E-state index in [1.165, 1.54) is 41.1 Å². The summed E-state index contributed by atoms with van der Waals surface area (Å²) in [5.41, 5.74) is 24.9. The molecule has 6 heterocycles. The fourth-order valence-electron chi connectivity index (χ4n) is 11.8. The molecule has 0 spiro atoms. The molecule has 7 aromatic rings. The molecule has 20 N–H and O–H groups in total. The predicted molar refractivity (Wildman–Crippen MR) is 373 cm³/mol. The number of rotatable bonds is 35. The summed E-state index contributed by atoms with van der Waals surface area (Å²) in [7, 11) is 2.05. The van der Waals surface area contributed by atoms with Crippen LogP contribution in [0.25, 0.3) is 33.5 Å². The van der Waals surface area contributed by atoms with Gasteiger partial charge in [-0.05, 0) is 104 Å². The van der Waals surface area contributed by atoms with Crippen LogP contribution in [0.1, 0.15) is 89.8 Å². The van der Waals surface area contributed by atoms with Gasteiger partial charge in [-0.2, -0.15) is 4.98 Å². The third-order valence-corrected chi connectivity index (χ3v) is 19.6. The first-order valence-electron chi connectivity index (χ1n) is 32.3. The third kappa shape index (κ3) is 18.7. The fourth-order valence-corrected chi connectivity index (χ4v) is 14.0. The van der Waals surface area contributed by atoms with Gasteiger partial charge in [0.2, 0.25) is 23.7 Å². The molecule has 105 heavy (non-hydrogen) atoms. The number of aromatic nitrogens is 6. The molecule has 3 aromatic carbocycles. The smallest absolute Gasteiger partial charge is 0.481 e. The molecule has 0 radical (unpaired) electrons. The zero-order valence-electron chi connectivity index (χ0n) is 55.8. The molecule has 8 atom stereocenters. The number of nitrogen functional groups attached to an aromatic ring is 1. The van der Waals surface area contributed by atoms with Crippen molar-refractivity contribution in [3.8, 4) is 17.1 Å². The molecular formula is C66H72N16O21S2. The number of pyridine rings is 2. The van der Waals surface area contributed by atoms with Crippen LogP contribution in [0.15, 0.2) is 93.5 Å². The van der Waals surface area contributed by atoms with E-state index in [4.69, 9.17) is 42.1 Å². The van der Waals surface area contributed by atoms with E-state index in [0.29, 0.717) is 50.6 Å². The lowest BCUT2D eigenvalue weighted by Gasteiger charge is -2.33. The number of H-pyrrole nitrogens is 1. The first-order chi connectivity index (χ1) is 50.0. The second kappa shape index (κ2) is 34.2. The Bertz CT molecular complexity index is 4680. The van der Waals surface area contributed by atoms with E-state index in [-0.39, 0.29) is 90.9 Å². The number of aryl methyl sites for hydroxylation is 1. The number of anilines is 2. The van der Waals surface area contributed by atoms with Gasteiger partial charge >= 0.3 is 36.0 Å². The zero-order chi connectivity index (χ0) is 76.1. The van der Waals surface area contributed by atoms with Gasteiger partial charge in [0.1, 0.15) is 49.7 Å². The van der Waals surface area contributed by atoms with Crippen molar-refractivity contribution in [1.29, 1.82) is 0 Å². The van der Waals surface area contributed by atoms with Crippen molar-refractivity contribution in [3.63, 3.8) is 0 Å². The van der Waals surface area contributed by atoms with Gasteiger partial charge in [-0.15, -0.1) is 0 Å². The second-order valence-electron chi connectivity index (χ2n) is 24.1. The molecule has 0 saturated heterocycles. The summed E-state index contributed by atoms with van der Waals surface area (Å²) in [6, 6.07) is 9.13. The van der Waals surface area contributed by atoms with Crippen molar-refractivity contribution >= 4 is 121 Å². The number of carbonyl (C=O) groups excluding carboxylic acids is 7. The van der Waals surface area contributed by atoms with Crippen molar-refractivity contribution in [2.45, 2.75) is 126 Å². The van der Waals surface area contributed by atoms with Crippen LogP contribution >= 0.6 is 21.6 Å². The highest BCUT2D eigenvalue weighted by Crippen LogP contribution is 2.41. The number of nitrogens with two attached hydrogens (primary N) is 4. The number of nitrogens with one attached hydrogen (secondary N) is 7. The minimum Gasteiger partial charge on any atom is -0.481 e. The normalized spacial score (nSPS) is 15.6. The number of aromatic amines is 1. The number of carboxylic acids is 4. The summed E-state index contributed by atoms with van der Waals surface area (Å²) in [4.78, 5) is 189. The van der Waals surface area contributed by atoms with Crippen LogP contribution in [0.2, 0.25) is 0 Å². The van der Waals surface area contributed by atoms with Crippen LogP contribution in [0.3, 0.4) is 0 Å². The van der Waals surface area contributed by atoms with Crippen LogP contribution < -0.4 is 70.7 Å². The number of cyclic esters (lactones) is 1. The molecular weight excluding hydrogens is 1420 g/mol. The highest BCUT2D eigenvalue weighted by atomic mass is 33.1. The number of fused-ring (bicyclic) bond motifs is 6. The van der Waals surface area contributed by atoms with Gasteiger partial charge < -0.3 is 98.6 Å². The second-order valence-corrected chi connectivity index (χ2v) is 26.5. The molecule has 4 aromatic heterocycles. The van der Waals surface area contributed by atoms with E-state index in [1.54, 1.807) is 49.4 Å². The molecule has 37 nitrogen and oxygen atoms in total. The summed E-state index contributed by atoms with van der Waals surface area (Å²) in [6.07, 6.45) is -3.22. The lowest BCUT2D eigenvalue weighted by molar-refractivity contribution is -0.172. The summed E-state index contributed by atoms with van der Waals surface area (Å²) < 4.78 is 17.7. The Morgan fingerprint density at radius 3 is 2.20 bits per heavy atom. The average molecular weight is 1490 g/mol. The molecule has 39 heteroatoms. The van der Waals surface area contributed by atoms with Crippen LogP contribution in [0.5, 0.6) is 5.75 Å². The van der Waals surface area contributed by atoms with Crippen molar-refractivity contribution in [2.24, 2.45) is 29.0 Å². The molecule has 2 aliphatic rings. The van der Waals surface area contributed by atoms with Gasteiger partial charge in [-0.3, -0.25) is 48.7 Å². The summed E-state index contributed by atoms with van der Waals surface area (Å²) in [5.74, 6) is -16.2. The first-order valence-corrected chi connectivity index (χ1v) is 34.6. The predicted octanol–water partition coefficient (Wildman–Crippen LogP) is 0.0197. The van der Waals surface area contributed by atoms with E-state index in [1.807, 2.05) is 6.92 Å². The number of aliphatic carboxylic acids is 4. The number of aliphatic hydroxyl groups is 1. The number of hydrogen-bond donors (Lipinski definition) is 16. The van der Waals surface area contributed by atoms with Gasteiger partial charge in [0.05, 0.1) is 71.9 Å². The Balaban J connectivity index is 0.757. The topological polar surface area (TPSA) is 599 Å².